The Balaban J connectivity index is 2.26. The third kappa shape index (κ3) is 4.43. The summed E-state index contributed by atoms with van der Waals surface area (Å²) in [7, 11) is 0. The lowest BCUT2D eigenvalue weighted by Gasteiger charge is -2.14. The fourth-order valence-electron chi connectivity index (χ4n) is 1.97. The molecule has 2 rings (SSSR count). The molecular formula is C15H15N3O4S. The van der Waals surface area contributed by atoms with Crippen molar-refractivity contribution in [1.82, 2.24) is 15.3 Å². The number of carbonyl (C=O) groups excluding carboxylic acids is 1. The topological polar surface area (TPSA) is 112 Å². The van der Waals surface area contributed by atoms with Gasteiger partial charge in [-0.3, -0.25) is 9.59 Å². The van der Waals surface area contributed by atoms with E-state index in [1.807, 2.05) is 6.26 Å². The minimum Gasteiger partial charge on any atom is -0.479 e. The maximum atomic E-state index is 12.2. The SMILES string of the molecule is CSCc1nc(C(=O)N[C@H](C(=O)O)c2ccccc2)cc(=O)[nH]1. The summed E-state index contributed by atoms with van der Waals surface area (Å²) < 4.78 is 0. The monoisotopic (exact) mass is 333 g/mol. The number of hydrogen-bond donors (Lipinski definition) is 3. The van der Waals surface area contributed by atoms with Gasteiger partial charge >= 0.3 is 5.97 Å². The molecule has 0 saturated heterocycles. The van der Waals surface area contributed by atoms with Crippen LogP contribution in [0.5, 0.6) is 0 Å². The number of hydrogen-bond acceptors (Lipinski definition) is 5. The highest BCUT2D eigenvalue weighted by Crippen LogP contribution is 2.13. The zero-order valence-electron chi connectivity index (χ0n) is 12.3. The molecule has 0 aliphatic carbocycles. The van der Waals surface area contributed by atoms with Crippen molar-refractivity contribution in [1.29, 1.82) is 0 Å². The second-order valence-electron chi connectivity index (χ2n) is 4.67. The van der Waals surface area contributed by atoms with Gasteiger partial charge in [0.05, 0.1) is 5.75 Å². The lowest BCUT2D eigenvalue weighted by molar-refractivity contribution is -0.139. The third-order valence-electron chi connectivity index (χ3n) is 2.96. The van der Waals surface area contributed by atoms with E-state index in [1.165, 1.54) is 11.8 Å². The predicted molar refractivity (Wildman–Crippen MR) is 86.4 cm³/mol. The van der Waals surface area contributed by atoms with Crippen LogP contribution in [-0.2, 0) is 10.5 Å². The van der Waals surface area contributed by atoms with Gasteiger partial charge in [0.15, 0.2) is 6.04 Å². The number of carboxylic acids is 1. The lowest BCUT2D eigenvalue weighted by Crippen LogP contribution is -2.35. The van der Waals surface area contributed by atoms with Crippen molar-refractivity contribution in [3.05, 3.63) is 63.8 Å². The van der Waals surface area contributed by atoms with Crippen LogP contribution in [0.2, 0.25) is 0 Å². The van der Waals surface area contributed by atoms with Crippen molar-refractivity contribution in [2.24, 2.45) is 0 Å². The first-order valence-electron chi connectivity index (χ1n) is 6.69. The van der Waals surface area contributed by atoms with Crippen LogP contribution in [0.4, 0.5) is 0 Å². The molecule has 7 nitrogen and oxygen atoms in total. The minimum atomic E-state index is -1.21. The molecule has 8 heteroatoms. The van der Waals surface area contributed by atoms with Gasteiger partial charge in [0.2, 0.25) is 0 Å². The number of amides is 1. The minimum absolute atomic E-state index is 0.111. The molecule has 1 amide bonds. The Labute approximate surface area is 136 Å². The van der Waals surface area contributed by atoms with Crippen LogP contribution in [0.15, 0.2) is 41.2 Å². The zero-order valence-corrected chi connectivity index (χ0v) is 13.1. The summed E-state index contributed by atoms with van der Waals surface area (Å²) in [6.45, 7) is 0. The van der Waals surface area contributed by atoms with Gasteiger partial charge < -0.3 is 15.4 Å². The summed E-state index contributed by atoms with van der Waals surface area (Å²) in [5.41, 5.74) is -0.136. The summed E-state index contributed by atoms with van der Waals surface area (Å²) >= 11 is 1.44. The van der Waals surface area contributed by atoms with E-state index in [1.54, 1.807) is 30.3 Å². The van der Waals surface area contributed by atoms with Gasteiger partial charge in [-0.05, 0) is 11.8 Å². The first-order chi connectivity index (χ1) is 11.0. The molecular weight excluding hydrogens is 318 g/mol. The Hall–Kier alpha value is -2.61. The van der Waals surface area contributed by atoms with Crippen molar-refractivity contribution in [2.75, 3.05) is 6.26 Å². The van der Waals surface area contributed by atoms with Crippen LogP contribution < -0.4 is 10.9 Å². The number of nitrogens with one attached hydrogen (secondary N) is 2. The summed E-state index contributed by atoms with van der Waals surface area (Å²) in [6.07, 6.45) is 1.84. The fourth-order valence-corrected chi connectivity index (χ4v) is 2.38. The quantitative estimate of drug-likeness (QED) is 0.732. The number of H-pyrrole nitrogens is 1. The Morgan fingerprint density at radius 2 is 2.04 bits per heavy atom. The van der Waals surface area contributed by atoms with Crippen LogP contribution in [0, 0.1) is 0 Å². The number of rotatable bonds is 6. The zero-order chi connectivity index (χ0) is 16.8. The van der Waals surface area contributed by atoms with Crippen molar-refractivity contribution >= 4 is 23.6 Å². The van der Waals surface area contributed by atoms with Gasteiger partial charge in [-0.15, -0.1) is 0 Å². The van der Waals surface area contributed by atoms with E-state index in [9.17, 15) is 19.5 Å². The Kier molecular flexibility index (Phi) is 5.53. The number of nitrogens with zero attached hydrogens (tertiary/aromatic N) is 1. The van der Waals surface area contributed by atoms with Crippen molar-refractivity contribution in [3.8, 4) is 0 Å². The van der Waals surface area contributed by atoms with Gasteiger partial charge in [-0.25, -0.2) is 9.78 Å². The summed E-state index contributed by atoms with van der Waals surface area (Å²) in [6, 6.07) is 8.14. The summed E-state index contributed by atoms with van der Waals surface area (Å²) in [4.78, 5) is 41.8. The normalized spacial score (nSPS) is 11.7. The van der Waals surface area contributed by atoms with Crippen molar-refractivity contribution in [3.63, 3.8) is 0 Å². The Bertz CT molecular complexity index is 761. The number of benzene rings is 1. The molecule has 23 heavy (non-hydrogen) atoms. The van der Waals surface area contributed by atoms with Gasteiger partial charge in [-0.1, -0.05) is 30.3 Å². The molecule has 2 aromatic rings. The van der Waals surface area contributed by atoms with Gasteiger partial charge in [0, 0.05) is 6.07 Å². The third-order valence-corrected chi connectivity index (χ3v) is 3.52. The molecule has 3 N–H and O–H groups in total. The van der Waals surface area contributed by atoms with E-state index in [-0.39, 0.29) is 5.69 Å². The second-order valence-corrected chi connectivity index (χ2v) is 5.53. The van der Waals surface area contributed by atoms with Gasteiger partial charge in [0.25, 0.3) is 11.5 Å². The van der Waals surface area contributed by atoms with E-state index < -0.39 is 23.5 Å². The second kappa shape index (κ2) is 7.59. The standard InChI is InChI=1S/C15H15N3O4S/c1-23-8-11-16-10(7-12(19)17-11)14(20)18-13(15(21)22)9-5-3-2-4-6-9/h2-7,13H,8H2,1H3,(H,18,20)(H,21,22)(H,16,17,19)/t13-/m0/s1. The Morgan fingerprint density at radius 1 is 1.35 bits per heavy atom. The number of aromatic amines is 1. The predicted octanol–water partition coefficient (Wildman–Crippen LogP) is 1.19. The maximum absolute atomic E-state index is 12.2. The largest absolute Gasteiger partial charge is 0.479 e. The van der Waals surface area contributed by atoms with Crippen molar-refractivity contribution in [2.45, 2.75) is 11.8 Å². The number of aromatic nitrogens is 2. The molecule has 120 valence electrons. The number of carbonyl (C=O) groups is 2. The van der Waals surface area contributed by atoms with Crippen LogP contribution in [0.3, 0.4) is 0 Å². The highest BCUT2D eigenvalue weighted by atomic mass is 32.2. The fraction of sp³-hybridized carbons (Fsp3) is 0.200. The van der Waals surface area contributed by atoms with Crippen LogP contribution in [-0.4, -0.2) is 33.2 Å². The maximum Gasteiger partial charge on any atom is 0.330 e. The average molecular weight is 333 g/mol. The lowest BCUT2D eigenvalue weighted by atomic mass is 10.1. The van der Waals surface area contributed by atoms with E-state index >= 15 is 0 Å². The van der Waals surface area contributed by atoms with Gasteiger partial charge in [0.1, 0.15) is 11.5 Å². The molecule has 0 aliphatic heterocycles. The molecule has 1 aromatic heterocycles. The van der Waals surface area contributed by atoms with E-state index in [0.29, 0.717) is 17.1 Å². The molecule has 0 unspecified atom stereocenters. The highest BCUT2D eigenvalue weighted by molar-refractivity contribution is 7.97. The average Bonchev–Trinajstić information content (AvgIpc) is 2.52. The molecule has 0 fully saturated rings. The molecule has 1 aromatic carbocycles. The molecule has 0 aliphatic rings. The van der Waals surface area contributed by atoms with Gasteiger partial charge in [-0.2, -0.15) is 11.8 Å². The first kappa shape index (κ1) is 16.8. The summed E-state index contributed by atoms with van der Waals surface area (Å²) in [5, 5.41) is 11.7. The molecule has 1 atom stereocenters. The summed E-state index contributed by atoms with van der Waals surface area (Å²) in [5.74, 6) is -1.10. The first-order valence-corrected chi connectivity index (χ1v) is 8.08. The van der Waals surface area contributed by atoms with E-state index in [0.717, 1.165) is 6.07 Å². The van der Waals surface area contributed by atoms with E-state index in [4.69, 9.17) is 0 Å². The van der Waals surface area contributed by atoms with Crippen LogP contribution in [0.25, 0.3) is 0 Å². The van der Waals surface area contributed by atoms with E-state index in [2.05, 4.69) is 15.3 Å². The molecule has 1 heterocycles. The van der Waals surface area contributed by atoms with Crippen LogP contribution >= 0.6 is 11.8 Å². The molecule has 0 spiro atoms. The molecule has 0 radical (unpaired) electrons. The highest BCUT2D eigenvalue weighted by Gasteiger charge is 2.23. The molecule has 0 saturated carbocycles. The van der Waals surface area contributed by atoms with Crippen LogP contribution in [0.1, 0.15) is 27.9 Å². The number of thioether (sulfide) groups is 1. The molecule has 0 bridgehead atoms. The number of carboxylic acid groups (broad SMARTS) is 1. The number of aliphatic carboxylic acids is 1. The van der Waals surface area contributed by atoms with Crippen molar-refractivity contribution < 1.29 is 14.7 Å². The Morgan fingerprint density at radius 3 is 2.65 bits per heavy atom. The smallest absolute Gasteiger partial charge is 0.330 e.